The Morgan fingerprint density at radius 3 is 2.59 bits per heavy atom. The fourth-order valence-corrected chi connectivity index (χ4v) is 2.22. The molecule has 1 aromatic carbocycles. The Morgan fingerprint density at radius 1 is 1.35 bits per heavy atom. The van der Waals surface area contributed by atoms with Gasteiger partial charge in [0, 0.05) is 16.1 Å². The molecule has 1 N–H and O–H groups in total. The number of carbonyl (C=O) groups excluding carboxylic acids is 1. The van der Waals surface area contributed by atoms with Crippen LogP contribution < -0.4 is 0 Å². The van der Waals surface area contributed by atoms with Crippen LogP contribution in [0.3, 0.4) is 0 Å². The lowest BCUT2D eigenvalue weighted by Gasteiger charge is -2.02. The molecule has 17 heavy (non-hydrogen) atoms. The standard InChI is InChI=1S/C11H7Cl3N2O/c1-5-9(15-16-10(5)11(14)17)7-3-2-6(12)4-8(7)13/h2-4H,1H3,(H,15,16). The zero-order chi connectivity index (χ0) is 12.6. The number of nitrogens with zero attached hydrogens (tertiary/aromatic N) is 1. The molecule has 88 valence electrons. The number of rotatable bonds is 2. The van der Waals surface area contributed by atoms with E-state index in [1.165, 1.54) is 0 Å². The van der Waals surface area contributed by atoms with Gasteiger partial charge in [-0.25, -0.2) is 0 Å². The van der Waals surface area contributed by atoms with Crippen molar-refractivity contribution in [2.45, 2.75) is 6.92 Å². The minimum Gasteiger partial charge on any atom is -0.274 e. The number of hydrogen-bond acceptors (Lipinski definition) is 2. The number of aromatic nitrogens is 2. The molecule has 0 fully saturated rings. The van der Waals surface area contributed by atoms with Crippen molar-refractivity contribution in [2.75, 3.05) is 0 Å². The number of carbonyl (C=O) groups is 1. The highest BCUT2D eigenvalue weighted by Gasteiger charge is 2.17. The number of hydrogen-bond donors (Lipinski definition) is 1. The number of aromatic amines is 1. The number of benzene rings is 1. The van der Waals surface area contributed by atoms with Crippen molar-refractivity contribution < 1.29 is 4.79 Å². The van der Waals surface area contributed by atoms with Gasteiger partial charge < -0.3 is 0 Å². The lowest BCUT2D eigenvalue weighted by atomic mass is 10.1. The first-order valence-corrected chi connectivity index (χ1v) is 5.84. The van der Waals surface area contributed by atoms with Gasteiger partial charge in [-0.05, 0) is 36.7 Å². The van der Waals surface area contributed by atoms with Crippen molar-refractivity contribution in [3.63, 3.8) is 0 Å². The maximum absolute atomic E-state index is 11.1. The molecule has 0 bridgehead atoms. The second kappa shape index (κ2) is 4.69. The molecule has 0 saturated heterocycles. The smallest absolute Gasteiger partial charge is 0.270 e. The minimum atomic E-state index is -0.577. The van der Waals surface area contributed by atoms with E-state index in [1.807, 2.05) is 0 Å². The van der Waals surface area contributed by atoms with Gasteiger partial charge in [0.2, 0.25) is 0 Å². The van der Waals surface area contributed by atoms with Crippen LogP contribution >= 0.6 is 34.8 Å². The molecule has 3 nitrogen and oxygen atoms in total. The molecule has 0 saturated carbocycles. The third-order valence-electron chi connectivity index (χ3n) is 2.39. The van der Waals surface area contributed by atoms with Gasteiger partial charge in [-0.2, -0.15) is 5.10 Å². The Kier molecular flexibility index (Phi) is 3.43. The van der Waals surface area contributed by atoms with Crippen LogP contribution in [0.2, 0.25) is 10.0 Å². The summed E-state index contributed by atoms with van der Waals surface area (Å²) < 4.78 is 0. The summed E-state index contributed by atoms with van der Waals surface area (Å²) in [4.78, 5) is 11.1. The van der Waals surface area contributed by atoms with E-state index in [2.05, 4.69) is 10.2 Å². The molecule has 0 atom stereocenters. The van der Waals surface area contributed by atoms with Crippen LogP contribution in [-0.2, 0) is 0 Å². The zero-order valence-corrected chi connectivity index (χ0v) is 11.0. The first kappa shape index (κ1) is 12.4. The van der Waals surface area contributed by atoms with Crippen LogP contribution in [0.5, 0.6) is 0 Å². The molecular weight excluding hydrogens is 282 g/mol. The van der Waals surface area contributed by atoms with Gasteiger partial charge in [-0.15, -0.1) is 0 Å². The average molecular weight is 290 g/mol. The topological polar surface area (TPSA) is 45.8 Å². The highest BCUT2D eigenvalue weighted by atomic mass is 35.5. The number of halogens is 3. The Hall–Kier alpha value is -1.03. The van der Waals surface area contributed by atoms with Crippen LogP contribution in [0.25, 0.3) is 11.3 Å². The van der Waals surface area contributed by atoms with E-state index >= 15 is 0 Å². The van der Waals surface area contributed by atoms with E-state index in [0.29, 0.717) is 26.9 Å². The van der Waals surface area contributed by atoms with E-state index in [9.17, 15) is 4.79 Å². The molecule has 0 aliphatic carbocycles. The van der Waals surface area contributed by atoms with E-state index < -0.39 is 5.24 Å². The van der Waals surface area contributed by atoms with Gasteiger partial charge in [-0.1, -0.05) is 23.2 Å². The second-order valence-electron chi connectivity index (χ2n) is 3.47. The van der Waals surface area contributed by atoms with Crippen LogP contribution in [0.15, 0.2) is 18.2 Å². The summed E-state index contributed by atoms with van der Waals surface area (Å²) in [6.07, 6.45) is 0. The van der Waals surface area contributed by atoms with Crippen molar-refractivity contribution >= 4 is 40.0 Å². The molecule has 0 spiro atoms. The lowest BCUT2D eigenvalue weighted by molar-refractivity contribution is 0.107. The first-order valence-electron chi connectivity index (χ1n) is 4.71. The average Bonchev–Trinajstić information content (AvgIpc) is 2.60. The summed E-state index contributed by atoms with van der Waals surface area (Å²) in [6.45, 7) is 1.75. The van der Waals surface area contributed by atoms with E-state index in [-0.39, 0.29) is 5.69 Å². The second-order valence-corrected chi connectivity index (χ2v) is 4.66. The summed E-state index contributed by atoms with van der Waals surface area (Å²) in [6, 6.07) is 5.07. The third kappa shape index (κ3) is 2.32. The first-order chi connectivity index (χ1) is 8.00. The molecule has 0 unspecified atom stereocenters. The Morgan fingerprint density at radius 2 is 2.06 bits per heavy atom. The predicted molar refractivity (Wildman–Crippen MR) is 69.0 cm³/mol. The zero-order valence-electron chi connectivity index (χ0n) is 8.72. The van der Waals surface area contributed by atoms with Crippen LogP contribution in [0, 0.1) is 6.92 Å². The van der Waals surface area contributed by atoms with E-state index in [0.717, 1.165) is 0 Å². The minimum absolute atomic E-state index is 0.271. The Labute approximate surface area is 113 Å². The summed E-state index contributed by atoms with van der Waals surface area (Å²) in [5.41, 5.74) is 2.23. The lowest BCUT2D eigenvalue weighted by Crippen LogP contribution is -1.91. The highest BCUT2D eigenvalue weighted by molar-refractivity contribution is 6.67. The largest absolute Gasteiger partial charge is 0.274 e. The normalized spacial score (nSPS) is 10.6. The summed E-state index contributed by atoms with van der Waals surface area (Å²) >= 11 is 17.3. The molecule has 1 aromatic heterocycles. The van der Waals surface area contributed by atoms with E-state index in [1.54, 1.807) is 25.1 Å². The van der Waals surface area contributed by atoms with Crippen molar-refractivity contribution in [3.05, 3.63) is 39.5 Å². The number of H-pyrrole nitrogens is 1. The molecule has 1 heterocycles. The van der Waals surface area contributed by atoms with Crippen LogP contribution in [0.4, 0.5) is 0 Å². The quantitative estimate of drug-likeness (QED) is 0.847. The molecule has 0 amide bonds. The van der Waals surface area contributed by atoms with E-state index in [4.69, 9.17) is 34.8 Å². The summed E-state index contributed by atoms with van der Waals surface area (Å²) in [5, 5.41) is 7.07. The van der Waals surface area contributed by atoms with Crippen molar-refractivity contribution in [2.24, 2.45) is 0 Å². The SMILES string of the molecule is Cc1c(-c2ccc(Cl)cc2Cl)n[nH]c1C(=O)Cl. The molecule has 2 aromatic rings. The fourth-order valence-electron chi connectivity index (χ4n) is 1.53. The van der Waals surface area contributed by atoms with Gasteiger partial charge in [-0.3, -0.25) is 9.89 Å². The van der Waals surface area contributed by atoms with Gasteiger partial charge in [0.25, 0.3) is 5.24 Å². The predicted octanol–water partition coefficient (Wildman–Crippen LogP) is 4.07. The molecule has 0 radical (unpaired) electrons. The van der Waals surface area contributed by atoms with Crippen molar-refractivity contribution in [1.82, 2.24) is 10.2 Å². The molecular formula is C11H7Cl3N2O. The third-order valence-corrected chi connectivity index (χ3v) is 3.13. The maximum Gasteiger partial charge on any atom is 0.270 e. The van der Waals surface area contributed by atoms with Gasteiger partial charge in [0.05, 0.1) is 10.7 Å². The summed E-state index contributed by atoms with van der Waals surface area (Å²) in [7, 11) is 0. The molecule has 0 aliphatic rings. The van der Waals surface area contributed by atoms with Crippen LogP contribution in [0.1, 0.15) is 16.1 Å². The monoisotopic (exact) mass is 288 g/mol. The molecule has 0 aliphatic heterocycles. The van der Waals surface area contributed by atoms with Gasteiger partial charge in [0.1, 0.15) is 5.69 Å². The van der Waals surface area contributed by atoms with Crippen molar-refractivity contribution in [1.29, 1.82) is 0 Å². The summed E-state index contributed by atoms with van der Waals surface area (Å²) in [5.74, 6) is 0. The molecule has 2 rings (SSSR count). The van der Waals surface area contributed by atoms with Crippen LogP contribution in [-0.4, -0.2) is 15.4 Å². The van der Waals surface area contributed by atoms with Crippen molar-refractivity contribution in [3.8, 4) is 11.3 Å². The highest BCUT2D eigenvalue weighted by Crippen LogP contribution is 2.32. The van der Waals surface area contributed by atoms with Gasteiger partial charge in [0.15, 0.2) is 0 Å². The maximum atomic E-state index is 11.1. The van der Waals surface area contributed by atoms with Gasteiger partial charge >= 0.3 is 0 Å². The fraction of sp³-hybridized carbons (Fsp3) is 0.0909. The Bertz CT molecular complexity index is 592. The Balaban J connectivity index is 2.57. The number of nitrogens with one attached hydrogen (secondary N) is 1. The molecule has 6 heteroatoms.